The summed E-state index contributed by atoms with van der Waals surface area (Å²) in [6, 6.07) is 12.2. The van der Waals surface area contributed by atoms with Crippen LogP contribution in [-0.4, -0.2) is 27.7 Å². The molecule has 1 aromatic heterocycles. The number of rotatable bonds is 3. The van der Waals surface area contributed by atoms with Crippen LogP contribution in [0.15, 0.2) is 42.5 Å². The fourth-order valence-corrected chi connectivity index (χ4v) is 4.47. The number of amides is 2. The van der Waals surface area contributed by atoms with Crippen LogP contribution in [0, 0.1) is 5.82 Å². The summed E-state index contributed by atoms with van der Waals surface area (Å²) >= 11 is 1.05. The number of carbonyl (C=O) groups excluding carboxylic acids is 2. The molecule has 5 rings (SSSR count). The van der Waals surface area contributed by atoms with Gasteiger partial charge < -0.3 is 4.90 Å². The lowest BCUT2D eigenvalue weighted by atomic mass is 9.95. The molecular formula is C20H15FN4O2S. The number of aryl methyl sites for hydroxylation is 1. The molecule has 0 saturated heterocycles. The van der Waals surface area contributed by atoms with E-state index in [2.05, 4.69) is 14.7 Å². The maximum atomic E-state index is 14.1. The van der Waals surface area contributed by atoms with Crippen LogP contribution < -0.4 is 10.2 Å². The Morgan fingerprint density at radius 1 is 1.25 bits per heavy atom. The number of nitrogens with zero attached hydrogens (tertiary/aromatic N) is 3. The quantitative estimate of drug-likeness (QED) is 0.692. The van der Waals surface area contributed by atoms with Crippen molar-refractivity contribution in [1.82, 2.24) is 9.36 Å². The second-order valence-electron chi connectivity index (χ2n) is 6.81. The van der Waals surface area contributed by atoms with Crippen LogP contribution in [0.5, 0.6) is 0 Å². The van der Waals surface area contributed by atoms with Crippen molar-refractivity contribution in [3.8, 4) is 11.4 Å². The molecule has 0 saturated carbocycles. The molecule has 28 heavy (non-hydrogen) atoms. The summed E-state index contributed by atoms with van der Waals surface area (Å²) in [4.78, 5) is 31.7. The van der Waals surface area contributed by atoms with Crippen molar-refractivity contribution in [1.29, 1.82) is 0 Å². The highest BCUT2D eigenvalue weighted by atomic mass is 32.1. The van der Waals surface area contributed by atoms with Gasteiger partial charge in [-0.1, -0.05) is 30.3 Å². The molecule has 2 aromatic carbocycles. The van der Waals surface area contributed by atoms with Crippen molar-refractivity contribution in [3.63, 3.8) is 0 Å². The van der Waals surface area contributed by atoms with Crippen molar-refractivity contribution < 1.29 is 14.0 Å². The first-order valence-electron chi connectivity index (χ1n) is 8.95. The monoisotopic (exact) mass is 394 g/mol. The number of hydrogen-bond acceptors (Lipinski definition) is 5. The molecule has 1 N–H and O–H groups in total. The van der Waals surface area contributed by atoms with Gasteiger partial charge in [-0.15, -0.1) is 0 Å². The number of aromatic nitrogens is 2. The fraction of sp³-hybridized carbons (Fsp3) is 0.200. The van der Waals surface area contributed by atoms with E-state index in [0.29, 0.717) is 35.2 Å². The Hall–Kier alpha value is -3.13. The molecule has 2 aliphatic heterocycles. The average Bonchev–Trinajstić information content (AvgIpc) is 3.26. The molecule has 6 nitrogen and oxygen atoms in total. The number of nitrogens with one attached hydrogen (secondary N) is 1. The van der Waals surface area contributed by atoms with Crippen LogP contribution in [0.1, 0.15) is 23.5 Å². The lowest BCUT2D eigenvalue weighted by Gasteiger charge is -2.25. The predicted octanol–water partition coefficient (Wildman–Crippen LogP) is 3.36. The van der Waals surface area contributed by atoms with E-state index >= 15 is 0 Å². The number of halogens is 1. The van der Waals surface area contributed by atoms with Gasteiger partial charge in [-0.05, 0) is 30.5 Å². The second kappa shape index (κ2) is 6.49. The molecule has 0 spiro atoms. The third-order valence-corrected chi connectivity index (χ3v) is 5.69. The first kappa shape index (κ1) is 17.0. The molecule has 0 radical (unpaired) electrons. The summed E-state index contributed by atoms with van der Waals surface area (Å²) in [7, 11) is 0. The minimum Gasteiger partial charge on any atom is -0.311 e. The smallest absolute Gasteiger partial charge is 0.244 e. The maximum Gasteiger partial charge on any atom is 0.244 e. The maximum absolute atomic E-state index is 14.1. The Kier molecular flexibility index (Phi) is 3.94. The molecule has 2 aliphatic rings. The minimum atomic E-state index is -1.06. The van der Waals surface area contributed by atoms with Crippen molar-refractivity contribution in [2.24, 2.45) is 0 Å². The zero-order chi connectivity index (χ0) is 19.3. The van der Waals surface area contributed by atoms with Gasteiger partial charge in [-0.3, -0.25) is 14.9 Å². The second-order valence-corrected chi connectivity index (χ2v) is 7.56. The molecule has 0 fully saturated rings. The number of benzene rings is 2. The van der Waals surface area contributed by atoms with E-state index < -0.39 is 17.6 Å². The molecular weight excluding hydrogens is 379 g/mol. The van der Waals surface area contributed by atoms with Crippen LogP contribution in [0.4, 0.5) is 15.2 Å². The zero-order valence-corrected chi connectivity index (χ0v) is 15.5. The molecule has 1 atom stereocenters. The van der Waals surface area contributed by atoms with Crippen LogP contribution in [0.25, 0.3) is 11.4 Å². The Morgan fingerprint density at radius 3 is 2.89 bits per heavy atom. The highest BCUT2D eigenvalue weighted by Crippen LogP contribution is 2.43. The van der Waals surface area contributed by atoms with Gasteiger partial charge in [0.25, 0.3) is 0 Å². The van der Waals surface area contributed by atoms with E-state index in [-0.39, 0.29) is 5.91 Å². The Morgan fingerprint density at radius 2 is 2.07 bits per heavy atom. The van der Waals surface area contributed by atoms with Gasteiger partial charge in [0.15, 0.2) is 5.82 Å². The third-order valence-electron chi connectivity index (χ3n) is 5.06. The van der Waals surface area contributed by atoms with E-state index in [1.165, 1.54) is 12.1 Å². The van der Waals surface area contributed by atoms with Crippen molar-refractivity contribution >= 4 is 34.2 Å². The molecule has 140 valence electrons. The van der Waals surface area contributed by atoms with Gasteiger partial charge in [0, 0.05) is 29.2 Å². The van der Waals surface area contributed by atoms with Crippen molar-refractivity contribution in [3.05, 3.63) is 59.4 Å². The summed E-state index contributed by atoms with van der Waals surface area (Å²) in [5, 5.41) is 2.99. The fourth-order valence-electron chi connectivity index (χ4n) is 3.88. The Balaban J connectivity index is 1.44. The van der Waals surface area contributed by atoms with Crippen molar-refractivity contribution in [2.45, 2.75) is 18.8 Å². The lowest BCUT2D eigenvalue weighted by molar-refractivity contribution is -0.126. The van der Waals surface area contributed by atoms with E-state index in [4.69, 9.17) is 0 Å². The van der Waals surface area contributed by atoms with Crippen LogP contribution in [0.2, 0.25) is 0 Å². The highest BCUT2D eigenvalue weighted by molar-refractivity contribution is 7.10. The summed E-state index contributed by atoms with van der Waals surface area (Å²) in [6.45, 7) is 0.547. The van der Waals surface area contributed by atoms with E-state index in [9.17, 15) is 14.0 Å². The third kappa shape index (κ3) is 2.68. The van der Waals surface area contributed by atoms with Crippen LogP contribution >= 0.6 is 11.5 Å². The summed E-state index contributed by atoms with van der Waals surface area (Å²) in [5.41, 5.74) is 2.75. The molecule has 1 unspecified atom stereocenters. The van der Waals surface area contributed by atoms with Gasteiger partial charge in [0.2, 0.25) is 16.9 Å². The van der Waals surface area contributed by atoms with Gasteiger partial charge in [0.05, 0.1) is 5.69 Å². The SMILES string of the molecule is O=C(Nc1nc(-c2ccccc2)ns1)C1C(=O)N2CCCc3cc(F)cc1c32. The minimum absolute atomic E-state index is 0.308. The summed E-state index contributed by atoms with van der Waals surface area (Å²) < 4.78 is 18.3. The molecule has 3 heterocycles. The first-order valence-corrected chi connectivity index (χ1v) is 9.73. The number of carbonyl (C=O) groups is 2. The van der Waals surface area contributed by atoms with Crippen LogP contribution in [0.3, 0.4) is 0 Å². The highest BCUT2D eigenvalue weighted by Gasteiger charge is 2.44. The summed E-state index contributed by atoms with van der Waals surface area (Å²) in [6.07, 6.45) is 1.46. The van der Waals surface area contributed by atoms with E-state index in [0.717, 1.165) is 29.1 Å². The average molecular weight is 394 g/mol. The van der Waals surface area contributed by atoms with Crippen molar-refractivity contribution in [2.75, 3.05) is 16.8 Å². The standard InChI is InChI=1S/C20H15FN4O2S/c21-13-9-12-7-4-8-25-16(12)14(10-13)15(19(25)27)18(26)23-20-22-17(24-28-20)11-5-2-1-3-6-11/h1-3,5-6,9-10,15H,4,7-8H2,(H,22,23,24,26). The normalized spacial score (nSPS) is 17.5. The van der Waals surface area contributed by atoms with E-state index in [1.807, 2.05) is 30.3 Å². The number of anilines is 2. The molecule has 3 aromatic rings. The largest absolute Gasteiger partial charge is 0.311 e. The Bertz CT molecular complexity index is 1100. The molecule has 0 bridgehead atoms. The zero-order valence-electron chi connectivity index (χ0n) is 14.7. The first-order chi connectivity index (χ1) is 13.6. The number of hydrogen-bond donors (Lipinski definition) is 1. The molecule has 0 aliphatic carbocycles. The lowest BCUT2D eigenvalue weighted by Crippen LogP contribution is -2.36. The van der Waals surface area contributed by atoms with Gasteiger partial charge in [0.1, 0.15) is 11.7 Å². The van der Waals surface area contributed by atoms with Gasteiger partial charge in [-0.25, -0.2) is 4.39 Å². The topological polar surface area (TPSA) is 75.2 Å². The van der Waals surface area contributed by atoms with Gasteiger partial charge in [-0.2, -0.15) is 9.36 Å². The van der Waals surface area contributed by atoms with Crippen LogP contribution in [-0.2, 0) is 16.0 Å². The predicted molar refractivity (Wildman–Crippen MR) is 104 cm³/mol. The van der Waals surface area contributed by atoms with E-state index in [1.54, 1.807) is 4.90 Å². The molecule has 2 amide bonds. The molecule has 8 heteroatoms. The van der Waals surface area contributed by atoms with Gasteiger partial charge >= 0.3 is 0 Å². The Labute approximate surface area is 164 Å². The summed E-state index contributed by atoms with van der Waals surface area (Å²) in [5.74, 6) is -1.81.